The van der Waals surface area contributed by atoms with E-state index < -0.39 is 5.41 Å². The average molecular weight is 414 g/mol. The highest BCUT2D eigenvalue weighted by Gasteiger charge is 2.53. The minimum absolute atomic E-state index is 0.00430. The van der Waals surface area contributed by atoms with Crippen molar-refractivity contribution in [2.75, 3.05) is 6.54 Å². The van der Waals surface area contributed by atoms with Crippen LogP contribution in [-0.4, -0.2) is 18.3 Å². The number of nitrogens with zero attached hydrogens (tertiary/aromatic N) is 1. The molecule has 1 aliphatic rings. The molecule has 1 aliphatic carbocycles. The van der Waals surface area contributed by atoms with E-state index in [9.17, 15) is 4.79 Å². The van der Waals surface area contributed by atoms with E-state index in [4.69, 9.17) is 17.5 Å². The van der Waals surface area contributed by atoms with Gasteiger partial charge in [0.25, 0.3) is 0 Å². The second kappa shape index (κ2) is 16.1. The first-order valence-electron chi connectivity index (χ1n) is 11.9. The average Bonchev–Trinajstić information content (AvgIpc) is 3.51. The monoisotopic (exact) mass is 413 g/mol. The van der Waals surface area contributed by atoms with Crippen molar-refractivity contribution in [1.29, 1.82) is 0 Å². The summed E-state index contributed by atoms with van der Waals surface area (Å²) in [5, 5.41) is 2.99. The molecule has 0 aliphatic heterocycles. The molecule has 1 saturated carbocycles. The molecular weight excluding hydrogens is 370 g/mol. The lowest BCUT2D eigenvalue weighted by Crippen LogP contribution is -2.40. The minimum atomic E-state index is -0.600. The Labute approximate surface area is 178 Å². The van der Waals surface area contributed by atoms with Gasteiger partial charge in [0.05, 0.1) is 0 Å². The molecule has 1 amide bonds. The summed E-state index contributed by atoms with van der Waals surface area (Å²) in [6, 6.07) is 0. The molecule has 28 heavy (non-hydrogen) atoms. The van der Waals surface area contributed by atoms with Crippen molar-refractivity contribution in [2.45, 2.75) is 122 Å². The van der Waals surface area contributed by atoms with Crippen LogP contribution in [0.4, 0.5) is 0 Å². The van der Waals surface area contributed by atoms with Crippen LogP contribution in [0.25, 0.3) is 0 Å². The van der Waals surface area contributed by atoms with Gasteiger partial charge in [0, 0.05) is 18.3 Å². The highest BCUT2D eigenvalue weighted by molar-refractivity contribution is 6.23. The number of carbonyl (C=O) groups excluding carboxylic acids is 1. The summed E-state index contributed by atoms with van der Waals surface area (Å²) in [6.45, 7) is 3.01. The Hall–Kier alpha value is -0.770. The van der Waals surface area contributed by atoms with Crippen molar-refractivity contribution in [3.8, 4) is 0 Å². The van der Waals surface area contributed by atoms with E-state index in [0.717, 1.165) is 25.8 Å². The quantitative estimate of drug-likeness (QED) is 0.141. The van der Waals surface area contributed by atoms with Crippen molar-refractivity contribution >= 4 is 23.5 Å². The van der Waals surface area contributed by atoms with Crippen LogP contribution >= 0.6 is 11.8 Å². The first-order chi connectivity index (χ1) is 13.7. The molecule has 0 unspecified atom stereocenters. The highest BCUT2D eigenvalue weighted by Crippen LogP contribution is 2.46. The molecule has 3 N–H and O–H groups in total. The minimum Gasteiger partial charge on any atom is -0.385 e. The number of rotatable bonds is 19. The van der Waals surface area contributed by atoms with Crippen molar-refractivity contribution in [1.82, 2.24) is 5.32 Å². The number of hydrogen-bond acceptors (Lipinski definition) is 2. The third-order valence-corrected chi connectivity index (χ3v) is 6.26. The molecule has 1 rings (SSSR count). The van der Waals surface area contributed by atoms with E-state index in [2.05, 4.69) is 16.8 Å². The standard InChI is InChI=1S/C23H44ClN3O/c1-2-3-4-5-6-7-8-9-10-11-12-13-14-15-16-17-20-26-22(28)23(18-19-23)21(25)27-24/h2-20H2,1H3,(H2,25,27)(H,26,28). The maximum absolute atomic E-state index is 12.2. The molecule has 1 fully saturated rings. The third kappa shape index (κ3) is 10.7. The van der Waals surface area contributed by atoms with Crippen LogP contribution in [0.15, 0.2) is 4.51 Å². The summed E-state index contributed by atoms with van der Waals surface area (Å²) in [6.07, 6.45) is 23.3. The van der Waals surface area contributed by atoms with Crippen molar-refractivity contribution in [3.05, 3.63) is 0 Å². The van der Waals surface area contributed by atoms with E-state index in [1.807, 2.05) is 0 Å². The fraction of sp³-hybridized carbons (Fsp3) is 0.913. The zero-order chi connectivity index (χ0) is 20.5. The largest absolute Gasteiger partial charge is 0.385 e. The molecule has 0 radical (unpaired) electrons. The summed E-state index contributed by atoms with van der Waals surface area (Å²) in [5.74, 6) is 0.258. The molecule has 0 bridgehead atoms. The summed E-state index contributed by atoms with van der Waals surface area (Å²) in [5.41, 5.74) is 5.14. The van der Waals surface area contributed by atoms with Gasteiger partial charge in [0.2, 0.25) is 5.91 Å². The smallest absolute Gasteiger partial charge is 0.233 e. The van der Waals surface area contributed by atoms with E-state index in [0.29, 0.717) is 0 Å². The van der Waals surface area contributed by atoms with Gasteiger partial charge in [-0.2, -0.15) is 4.51 Å². The lowest BCUT2D eigenvalue weighted by Gasteiger charge is -2.13. The fourth-order valence-electron chi connectivity index (χ4n) is 3.85. The third-order valence-electron chi connectivity index (χ3n) is 6.08. The number of amidine groups is 1. The fourth-order valence-corrected chi connectivity index (χ4v) is 4.01. The van der Waals surface area contributed by atoms with E-state index in [1.54, 1.807) is 0 Å². The molecule has 5 heteroatoms. The number of nitrogens with one attached hydrogen (secondary N) is 1. The number of unbranched alkanes of at least 4 members (excludes halogenated alkanes) is 15. The van der Waals surface area contributed by atoms with Crippen molar-refractivity contribution in [2.24, 2.45) is 15.7 Å². The van der Waals surface area contributed by atoms with E-state index in [1.165, 1.54) is 96.3 Å². The van der Waals surface area contributed by atoms with Gasteiger partial charge in [0.15, 0.2) is 0 Å². The molecule has 0 aromatic rings. The molecule has 0 atom stereocenters. The molecule has 0 heterocycles. The first-order valence-corrected chi connectivity index (χ1v) is 12.2. The Morgan fingerprint density at radius 1 is 0.821 bits per heavy atom. The topological polar surface area (TPSA) is 67.5 Å². The Bertz CT molecular complexity index is 436. The molecule has 4 nitrogen and oxygen atoms in total. The van der Waals surface area contributed by atoms with Crippen LogP contribution in [0, 0.1) is 5.41 Å². The van der Waals surface area contributed by atoms with Crippen LogP contribution in [0.5, 0.6) is 0 Å². The summed E-state index contributed by atoms with van der Waals surface area (Å²) in [4.78, 5) is 12.2. The molecule has 0 saturated heterocycles. The summed E-state index contributed by atoms with van der Waals surface area (Å²) in [7, 11) is 0. The van der Waals surface area contributed by atoms with Crippen LogP contribution in [0.1, 0.15) is 122 Å². The second-order valence-corrected chi connectivity index (χ2v) is 8.78. The van der Waals surface area contributed by atoms with Crippen molar-refractivity contribution in [3.63, 3.8) is 0 Å². The van der Waals surface area contributed by atoms with Gasteiger partial charge in [-0.25, -0.2) is 0 Å². The second-order valence-electron chi connectivity index (χ2n) is 8.61. The molecule has 0 spiro atoms. The molecule has 0 aromatic carbocycles. The Kier molecular flexibility index (Phi) is 14.5. The van der Waals surface area contributed by atoms with Gasteiger partial charge in [-0.1, -0.05) is 103 Å². The van der Waals surface area contributed by atoms with E-state index in [-0.39, 0.29) is 11.7 Å². The van der Waals surface area contributed by atoms with Gasteiger partial charge in [0.1, 0.15) is 11.3 Å². The number of hydrogen-bond donors (Lipinski definition) is 2. The number of carbonyl (C=O) groups is 1. The van der Waals surface area contributed by atoms with Crippen LogP contribution in [0.2, 0.25) is 0 Å². The number of halogens is 1. The zero-order valence-electron chi connectivity index (χ0n) is 18.2. The SMILES string of the molecule is CCCCCCCCCCCCCCCCCCNC(=O)C1(/C(N)=N/Cl)CC1. The lowest BCUT2D eigenvalue weighted by molar-refractivity contribution is -0.124. The maximum atomic E-state index is 12.2. The molecule has 164 valence electrons. The lowest BCUT2D eigenvalue weighted by atomic mass is 10.0. The predicted molar refractivity (Wildman–Crippen MR) is 122 cm³/mol. The molecular formula is C23H44ClN3O. The Balaban J connectivity index is 1.78. The van der Waals surface area contributed by atoms with Crippen LogP contribution in [-0.2, 0) is 4.79 Å². The summed E-state index contributed by atoms with van der Waals surface area (Å²) >= 11 is 5.41. The van der Waals surface area contributed by atoms with Crippen LogP contribution in [0.3, 0.4) is 0 Å². The van der Waals surface area contributed by atoms with Gasteiger partial charge in [-0.15, -0.1) is 0 Å². The maximum Gasteiger partial charge on any atom is 0.233 e. The molecule has 0 aromatic heterocycles. The normalized spacial score (nSPS) is 15.6. The van der Waals surface area contributed by atoms with Gasteiger partial charge < -0.3 is 11.1 Å². The Morgan fingerprint density at radius 3 is 1.57 bits per heavy atom. The first kappa shape index (κ1) is 25.3. The zero-order valence-corrected chi connectivity index (χ0v) is 19.0. The van der Waals surface area contributed by atoms with Crippen LogP contribution < -0.4 is 11.1 Å². The van der Waals surface area contributed by atoms with Gasteiger partial charge in [-0.05, 0) is 19.3 Å². The number of nitrogens with two attached hydrogens (primary N) is 1. The predicted octanol–water partition coefficient (Wildman–Crippen LogP) is 6.66. The van der Waals surface area contributed by atoms with Gasteiger partial charge >= 0.3 is 0 Å². The summed E-state index contributed by atoms with van der Waals surface area (Å²) < 4.78 is 3.48. The van der Waals surface area contributed by atoms with E-state index >= 15 is 0 Å². The highest BCUT2D eigenvalue weighted by atomic mass is 35.5. The number of amides is 1. The Morgan fingerprint density at radius 2 is 1.21 bits per heavy atom. The van der Waals surface area contributed by atoms with Gasteiger partial charge in [-0.3, -0.25) is 4.79 Å². The van der Waals surface area contributed by atoms with Crippen molar-refractivity contribution < 1.29 is 4.79 Å².